The molecule has 0 aliphatic carbocycles. The second-order valence-corrected chi connectivity index (χ2v) is 3.23. The molecule has 0 aliphatic rings. The molecule has 0 aromatic rings. The van der Waals surface area contributed by atoms with E-state index in [0.717, 1.165) is 0 Å². The Morgan fingerprint density at radius 2 is 2.00 bits per heavy atom. The molecule has 0 N–H and O–H groups in total. The van der Waals surface area contributed by atoms with Gasteiger partial charge in [-0.1, -0.05) is 32.8 Å². The SMILES string of the molecule is C#C/C(C=O)=C\C(C)(C)C. The minimum atomic E-state index is -0.0113. The predicted octanol–water partition coefficient (Wildman–Crippen LogP) is 1.79. The number of carbonyl (C=O) groups is 1. The standard InChI is InChI=1S/C9H12O/c1-5-8(7-10)6-9(2,3)4/h1,6-7H,2-4H3/b8-6+. The number of allylic oxidation sites excluding steroid dienone is 2. The largest absolute Gasteiger partial charge is 0.297 e. The Morgan fingerprint density at radius 3 is 2.10 bits per heavy atom. The Morgan fingerprint density at radius 1 is 1.50 bits per heavy atom. The minimum Gasteiger partial charge on any atom is -0.297 e. The monoisotopic (exact) mass is 136 g/mol. The van der Waals surface area contributed by atoms with E-state index in [0.29, 0.717) is 11.9 Å². The molecule has 0 unspecified atom stereocenters. The van der Waals surface area contributed by atoms with Crippen molar-refractivity contribution in [2.45, 2.75) is 20.8 Å². The third-order valence-electron chi connectivity index (χ3n) is 0.882. The average molecular weight is 136 g/mol. The normalized spacial score (nSPS) is 12.4. The van der Waals surface area contributed by atoms with Gasteiger partial charge in [0.2, 0.25) is 0 Å². The molecule has 0 aromatic heterocycles. The quantitative estimate of drug-likeness (QED) is 0.305. The molecule has 0 aliphatic heterocycles. The highest BCUT2D eigenvalue weighted by Gasteiger charge is 2.06. The highest BCUT2D eigenvalue weighted by Crippen LogP contribution is 2.16. The van der Waals surface area contributed by atoms with Gasteiger partial charge in [-0.25, -0.2) is 0 Å². The maximum atomic E-state index is 10.2. The first-order valence-electron chi connectivity index (χ1n) is 3.14. The van der Waals surface area contributed by atoms with E-state index in [9.17, 15) is 4.79 Å². The summed E-state index contributed by atoms with van der Waals surface area (Å²) in [6.45, 7) is 5.98. The second-order valence-electron chi connectivity index (χ2n) is 3.23. The molecule has 0 saturated carbocycles. The summed E-state index contributed by atoms with van der Waals surface area (Å²) in [4.78, 5) is 10.2. The van der Waals surface area contributed by atoms with Crippen LogP contribution in [0.1, 0.15) is 20.8 Å². The summed E-state index contributed by atoms with van der Waals surface area (Å²) in [6, 6.07) is 0. The molecular formula is C9H12O. The zero-order valence-corrected chi connectivity index (χ0v) is 6.64. The van der Waals surface area contributed by atoms with Gasteiger partial charge >= 0.3 is 0 Å². The van der Waals surface area contributed by atoms with E-state index in [1.54, 1.807) is 6.08 Å². The smallest absolute Gasteiger partial charge is 0.158 e. The summed E-state index contributed by atoms with van der Waals surface area (Å²) in [5, 5.41) is 0. The highest BCUT2D eigenvalue weighted by atomic mass is 16.1. The van der Waals surface area contributed by atoms with Gasteiger partial charge in [-0.3, -0.25) is 4.79 Å². The van der Waals surface area contributed by atoms with Crippen molar-refractivity contribution in [3.63, 3.8) is 0 Å². The lowest BCUT2D eigenvalue weighted by Crippen LogP contribution is -2.01. The van der Waals surface area contributed by atoms with Crippen molar-refractivity contribution in [1.29, 1.82) is 0 Å². The van der Waals surface area contributed by atoms with Gasteiger partial charge in [0.15, 0.2) is 6.29 Å². The maximum Gasteiger partial charge on any atom is 0.158 e. The third-order valence-corrected chi connectivity index (χ3v) is 0.882. The molecule has 0 amide bonds. The van der Waals surface area contributed by atoms with Gasteiger partial charge in [-0.05, 0) is 5.41 Å². The van der Waals surface area contributed by atoms with Crippen molar-refractivity contribution in [3.8, 4) is 12.3 Å². The van der Waals surface area contributed by atoms with Crippen LogP contribution in [0.3, 0.4) is 0 Å². The number of aldehydes is 1. The number of hydrogen-bond donors (Lipinski definition) is 0. The van der Waals surface area contributed by atoms with E-state index in [4.69, 9.17) is 6.42 Å². The van der Waals surface area contributed by atoms with Crippen LogP contribution in [0.25, 0.3) is 0 Å². The van der Waals surface area contributed by atoms with Crippen LogP contribution in [0.4, 0.5) is 0 Å². The molecule has 0 bridgehead atoms. The first-order chi connectivity index (χ1) is 4.49. The number of terminal acetylenes is 1. The van der Waals surface area contributed by atoms with Crippen LogP contribution in [-0.2, 0) is 4.79 Å². The van der Waals surface area contributed by atoms with Gasteiger partial charge in [0.1, 0.15) is 0 Å². The molecule has 0 fully saturated rings. The minimum absolute atomic E-state index is 0.0113. The third kappa shape index (κ3) is 3.91. The van der Waals surface area contributed by atoms with Crippen LogP contribution < -0.4 is 0 Å². The van der Waals surface area contributed by atoms with E-state index in [1.165, 1.54) is 0 Å². The first kappa shape index (κ1) is 8.97. The summed E-state index contributed by atoms with van der Waals surface area (Å²) in [6.07, 6.45) is 7.52. The Labute approximate surface area is 62.1 Å². The van der Waals surface area contributed by atoms with Crippen LogP contribution in [0, 0.1) is 17.8 Å². The lowest BCUT2D eigenvalue weighted by Gasteiger charge is -2.10. The fourth-order valence-corrected chi connectivity index (χ4v) is 0.576. The zero-order valence-electron chi connectivity index (χ0n) is 6.64. The highest BCUT2D eigenvalue weighted by molar-refractivity contribution is 5.79. The lowest BCUT2D eigenvalue weighted by atomic mass is 9.94. The van der Waals surface area contributed by atoms with E-state index >= 15 is 0 Å². The summed E-state index contributed by atoms with van der Waals surface area (Å²) in [5.74, 6) is 2.30. The summed E-state index contributed by atoms with van der Waals surface area (Å²) >= 11 is 0. The van der Waals surface area contributed by atoms with Crippen LogP contribution in [-0.4, -0.2) is 6.29 Å². The van der Waals surface area contributed by atoms with Crippen molar-refractivity contribution in [2.24, 2.45) is 5.41 Å². The average Bonchev–Trinajstić information content (AvgIpc) is 1.81. The Hall–Kier alpha value is -1.03. The molecule has 0 rings (SSSR count). The maximum absolute atomic E-state index is 10.2. The number of carbonyl (C=O) groups excluding carboxylic acids is 1. The van der Waals surface area contributed by atoms with Crippen molar-refractivity contribution in [2.75, 3.05) is 0 Å². The van der Waals surface area contributed by atoms with Crippen LogP contribution in [0.5, 0.6) is 0 Å². The van der Waals surface area contributed by atoms with Crippen LogP contribution in [0.2, 0.25) is 0 Å². The van der Waals surface area contributed by atoms with Crippen molar-refractivity contribution in [1.82, 2.24) is 0 Å². The van der Waals surface area contributed by atoms with Crippen LogP contribution in [0.15, 0.2) is 11.6 Å². The van der Waals surface area contributed by atoms with Gasteiger partial charge < -0.3 is 0 Å². The fraction of sp³-hybridized carbons (Fsp3) is 0.444. The molecule has 0 atom stereocenters. The molecule has 0 saturated heterocycles. The van der Waals surface area contributed by atoms with E-state index < -0.39 is 0 Å². The Bertz CT molecular complexity index is 186. The van der Waals surface area contributed by atoms with E-state index in [1.807, 2.05) is 20.8 Å². The summed E-state index contributed by atoms with van der Waals surface area (Å²) in [5.41, 5.74) is 0.412. The molecule has 0 aromatic carbocycles. The van der Waals surface area contributed by atoms with Gasteiger partial charge in [0, 0.05) is 0 Å². The molecule has 1 nitrogen and oxygen atoms in total. The number of rotatable bonds is 1. The molecule has 0 heterocycles. The molecular weight excluding hydrogens is 124 g/mol. The zero-order chi connectivity index (χ0) is 8.20. The van der Waals surface area contributed by atoms with E-state index in [2.05, 4.69) is 5.92 Å². The Kier molecular flexibility index (Phi) is 2.89. The number of hydrogen-bond acceptors (Lipinski definition) is 1. The summed E-state index contributed by atoms with van der Waals surface area (Å²) < 4.78 is 0. The van der Waals surface area contributed by atoms with Crippen molar-refractivity contribution in [3.05, 3.63) is 11.6 Å². The van der Waals surface area contributed by atoms with Crippen molar-refractivity contribution < 1.29 is 4.79 Å². The first-order valence-corrected chi connectivity index (χ1v) is 3.14. The summed E-state index contributed by atoms with van der Waals surface area (Å²) in [7, 11) is 0. The fourth-order valence-electron chi connectivity index (χ4n) is 0.576. The van der Waals surface area contributed by atoms with Crippen LogP contribution >= 0.6 is 0 Å². The Balaban J connectivity index is 4.45. The second kappa shape index (κ2) is 3.22. The van der Waals surface area contributed by atoms with Gasteiger partial charge in [-0.15, -0.1) is 6.42 Å². The van der Waals surface area contributed by atoms with Gasteiger partial charge in [0.05, 0.1) is 5.57 Å². The molecule has 10 heavy (non-hydrogen) atoms. The lowest BCUT2D eigenvalue weighted by molar-refractivity contribution is -0.104. The molecule has 0 radical (unpaired) electrons. The van der Waals surface area contributed by atoms with Gasteiger partial charge in [0.25, 0.3) is 0 Å². The topological polar surface area (TPSA) is 17.1 Å². The molecule has 0 spiro atoms. The van der Waals surface area contributed by atoms with E-state index in [-0.39, 0.29) is 5.41 Å². The molecule has 1 heteroatoms. The molecule has 54 valence electrons. The van der Waals surface area contributed by atoms with Gasteiger partial charge in [-0.2, -0.15) is 0 Å². The van der Waals surface area contributed by atoms with Crippen molar-refractivity contribution >= 4 is 6.29 Å². The predicted molar refractivity (Wildman–Crippen MR) is 42.4 cm³/mol.